The van der Waals surface area contributed by atoms with Gasteiger partial charge < -0.3 is 0 Å². The molecule has 1 aromatic rings. The van der Waals surface area contributed by atoms with E-state index < -0.39 is 16.0 Å². The topological polar surface area (TPSA) is 76.5 Å². The van der Waals surface area contributed by atoms with E-state index in [1.54, 1.807) is 18.5 Å². The van der Waals surface area contributed by atoms with Gasteiger partial charge in [-0.25, -0.2) is 4.18 Å². The largest absolute Gasteiger partial charge is 0.398 e. The van der Waals surface area contributed by atoms with Crippen molar-refractivity contribution in [2.45, 2.75) is 135 Å². The average Bonchev–Trinajstić information content (AvgIpc) is 2.76. The fourth-order valence-electron chi connectivity index (χ4n) is 4.47. The van der Waals surface area contributed by atoms with Gasteiger partial charge in [0, 0.05) is 18.0 Å². The Morgan fingerprint density at radius 3 is 1.59 bits per heavy atom. The zero-order valence-corrected chi connectivity index (χ0v) is 21.4. The lowest BCUT2D eigenvalue weighted by Gasteiger charge is -2.32. The molecule has 6 heteroatoms. The number of aromatic nitrogens is 1. The van der Waals surface area contributed by atoms with Crippen LogP contribution in [0.4, 0.5) is 0 Å². The third-order valence-corrected chi connectivity index (χ3v) is 6.85. The summed E-state index contributed by atoms with van der Waals surface area (Å²) >= 11 is 0. The van der Waals surface area contributed by atoms with Gasteiger partial charge in [-0.3, -0.25) is 9.54 Å². The van der Waals surface area contributed by atoms with Gasteiger partial charge in [-0.15, -0.1) is 0 Å². The predicted octanol–water partition coefficient (Wildman–Crippen LogP) is 8.16. The summed E-state index contributed by atoms with van der Waals surface area (Å²) in [7, 11) is -4.57. The van der Waals surface area contributed by atoms with Crippen molar-refractivity contribution in [3.63, 3.8) is 0 Å². The maximum absolute atomic E-state index is 11.8. The first-order valence-corrected chi connectivity index (χ1v) is 14.4. The molecule has 1 unspecified atom stereocenters. The van der Waals surface area contributed by atoms with E-state index in [0.717, 1.165) is 44.1 Å². The van der Waals surface area contributed by atoms with Crippen LogP contribution in [0.25, 0.3) is 0 Å². The third-order valence-electron chi connectivity index (χ3n) is 6.32. The summed E-state index contributed by atoms with van der Waals surface area (Å²) in [4.78, 5) is 4.20. The summed E-state index contributed by atoms with van der Waals surface area (Å²) in [5.74, 6) is 0. The van der Waals surface area contributed by atoms with Crippen molar-refractivity contribution in [1.82, 2.24) is 4.98 Å². The number of rotatable bonds is 21. The third kappa shape index (κ3) is 13.5. The Balaban J connectivity index is 2.66. The van der Waals surface area contributed by atoms with E-state index in [2.05, 4.69) is 18.8 Å². The number of hydrogen-bond donors (Lipinski definition) is 1. The van der Waals surface area contributed by atoms with Gasteiger partial charge in [-0.05, 0) is 18.9 Å². The molecule has 186 valence electrons. The predicted molar refractivity (Wildman–Crippen MR) is 133 cm³/mol. The lowest BCUT2D eigenvalue weighted by Crippen LogP contribution is -2.33. The highest BCUT2D eigenvalue weighted by molar-refractivity contribution is 7.80. The highest BCUT2D eigenvalue weighted by Gasteiger charge is 2.37. The van der Waals surface area contributed by atoms with Crippen LogP contribution >= 0.6 is 0 Å². The number of hydrogen-bond acceptors (Lipinski definition) is 4. The molecule has 1 heterocycles. The van der Waals surface area contributed by atoms with Crippen molar-refractivity contribution in [1.29, 1.82) is 0 Å². The van der Waals surface area contributed by atoms with Gasteiger partial charge in [-0.2, -0.15) is 8.42 Å². The number of unbranched alkanes of at least 4 members (excludes halogenated alkanes) is 14. The Labute approximate surface area is 197 Å². The van der Waals surface area contributed by atoms with E-state index in [1.807, 2.05) is 6.07 Å². The number of nitrogens with zero attached hydrogens (tertiary/aromatic N) is 1. The highest BCUT2D eigenvalue weighted by Crippen LogP contribution is 2.38. The molecule has 0 radical (unpaired) electrons. The quantitative estimate of drug-likeness (QED) is 0.145. The monoisotopic (exact) mass is 469 g/mol. The zero-order chi connectivity index (χ0) is 23.5. The second-order valence-corrected chi connectivity index (χ2v) is 10.2. The lowest BCUT2D eigenvalue weighted by molar-refractivity contribution is 0.0355. The van der Waals surface area contributed by atoms with Gasteiger partial charge in [0.05, 0.1) is 0 Å². The summed E-state index contributed by atoms with van der Waals surface area (Å²) in [5.41, 5.74) is -0.296. The Bertz CT molecular complexity index is 666. The fourth-order valence-corrected chi connectivity index (χ4v) is 5.13. The summed E-state index contributed by atoms with van der Waals surface area (Å²) in [6.45, 7) is 4.44. The smallest absolute Gasteiger partial charge is 0.264 e. The zero-order valence-electron chi connectivity index (χ0n) is 20.6. The van der Waals surface area contributed by atoms with Gasteiger partial charge in [-0.1, -0.05) is 123 Å². The van der Waals surface area contributed by atoms with Crippen LogP contribution in [-0.2, 0) is 20.2 Å². The van der Waals surface area contributed by atoms with Crippen molar-refractivity contribution in [2.24, 2.45) is 0 Å². The Morgan fingerprint density at radius 2 is 1.22 bits per heavy atom. The maximum atomic E-state index is 11.8. The molecule has 32 heavy (non-hydrogen) atoms. The molecule has 1 atom stereocenters. The van der Waals surface area contributed by atoms with Crippen LogP contribution in [0.2, 0.25) is 0 Å². The van der Waals surface area contributed by atoms with E-state index in [9.17, 15) is 13.0 Å². The average molecular weight is 470 g/mol. The van der Waals surface area contributed by atoms with Gasteiger partial charge in [0.15, 0.2) is 0 Å². The molecule has 1 rings (SSSR count). The molecule has 0 aliphatic carbocycles. The molecule has 5 nitrogen and oxygen atoms in total. The summed E-state index contributed by atoms with van der Waals surface area (Å²) in [6, 6.07) is 3.67. The van der Waals surface area contributed by atoms with E-state index >= 15 is 0 Å². The molecular weight excluding hydrogens is 422 g/mol. The minimum absolute atomic E-state index is 0.573. The van der Waals surface area contributed by atoms with E-state index in [0.29, 0.717) is 12.8 Å². The van der Waals surface area contributed by atoms with E-state index in [1.165, 1.54) is 64.2 Å². The van der Waals surface area contributed by atoms with Crippen molar-refractivity contribution in [3.8, 4) is 0 Å². The molecule has 0 fully saturated rings. The van der Waals surface area contributed by atoms with Crippen LogP contribution in [-0.4, -0.2) is 18.0 Å². The SMILES string of the molecule is CCCCCCCCCCCC(CCCCCCCCC)(OS(=O)(=O)O)c1cccnc1. The summed E-state index contributed by atoms with van der Waals surface area (Å²) in [6.07, 6.45) is 23.3. The Hall–Kier alpha value is -0.980. The Morgan fingerprint density at radius 1 is 0.781 bits per heavy atom. The molecule has 0 spiro atoms. The Kier molecular flexibility index (Phi) is 15.9. The van der Waals surface area contributed by atoms with Crippen LogP contribution in [0.15, 0.2) is 24.5 Å². The van der Waals surface area contributed by atoms with Crippen LogP contribution in [0.3, 0.4) is 0 Å². The van der Waals surface area contributed by atoms with Gasteiger partial charge in [0.1, 0.15) is 5.60 Å². The van der Waals surface area contributed by atoms with Crippen LogP contribution in [0.1, 0.15) is 135 Å². The van der Waals surface area contributed by atoms with Crippen LogP contribution in [0, 0.1) is 0 Å². The molecule has 0 aliphatic heterocycles. The second kappa shape index (κ2) is 17.5. The molecule has 0 saturated carbocycles. The summed E-state index contributed by atoms with van der Waals surface area (Å²) < 4.78 is 38.6. The van der Waals surface area contributed by atoms with Gasteiger partial charge in [0.2, 0.25) is 0 Å². The van der Waals surface area contributed by atoms with E-state index in [4.69, 9.17) is 4.18 Å². The first-order chi connectivity index (χ1) is 15.4. The van der Waals surface area contributed by atoms with Crippen LogP contribution < -0.4 is 0 Å². The van der Waals surface area contributed by atoms with Crippen LogP contribution in [0.5, 0.6) is 0 Å². The maximum Gasteiger partial charge on any atom is 0.398 e. The molecule has 0 amide bonds. The van der Waals surface area contributed by atoms with E-state index in [-0.39, 0.29) is 0 Å². The van der Waals surface area contributed by atoms with Crippen molar-refractivity contribution >= 4 is 10.4 Å². The first kappa shape index (κ1) is 29.1. The normalized spacial score (nSPS) is 13.8. The van der Waals surface area contributed by atoms with Crippen molar-refractivity contribution < 1.29 is 17.2 Å². The minimum atomic E-state index is -4.57. The molecule has 1 aromatic heterocycles. The molecule has 0 aliphatic rings. The molecule has 0 bridgehead atoms. The van der Waals surface area contributed by atoms with Crippen molar-refractivity contribution in [3.05, 3.63) is 30.1 Å². The van der Waals surface area contributed by atoms with Gasteiger partial charge in [0.25, 0.3) is 0 Å². The highest BCUT2D eigenvalue weighted by atomic mass is 32.3. The molecule has 0 saturated heterocycles. The van der Waals surface area contributed by atoms with Crippen molar-refractivity contribution in [2.75, 3.05) is 0 Å². The molecular formula is C26H47NO4S. The lowest BCUT2D eigenvalue weighted by atomic mass is 9.84. The minimum Gasteiger partial charge on any atom is -0.264 e. The second-order valence-electron chi connectivity index (χ2n) is 9.20. The number of pyridine rings is 1. The standard InChI is InChI=1S/C26H47NO4S/c1-3-5-7-9-11-12-14-16-18-22-26(31-32(28,29)30,25-20-19-23-27-24-25)21-17-15-13-10-8-6-4-2/h19-20,23-24H,3-18,21-22H2,1-2H3,(H,28,29,30). The van der Waals surface area contributed by atoms with Gasteiger partial charge >= 0.3 is 10.4 Å². The fraction of sp³-hybridized carbons (Fsp3) is 0.808. The molecule has 1 N–H and O–H groups in total. The molecule has 0 aromatic carbocycles. The first-order valence-electron chi connectivity index (χ1n) is 13.0. The summed E-state index contributed by atoms with van der Waals surface area (Å²) in [5, 5.41) is 0.